The summed E-state index contributed by atoms with van der Waals surface area (Å²) in [6.45, 7) is 9.14. The quantitative estimate of drug-likeness (QED) is 0.0345. The molecule has 4 nitrogen and oxygen atoms in total. The summed E-state index contributed by atoms with van der Waals surface area (Å²) in [5.74, 6) is 0. The molecule has 0 N–H and O–H groups in total. The van der Waals surface area contributed by atoms with Crippen molar-refractivity contribution >= 4 is 14.7 Å². The van der Waals surface area contributed by atoms with Crippen LogP contribution in [-0.2, 0) is 25.6 Å². The molecule has 0 aromatic rings. The van der Waals surface area contributed by atoms with E-state index in [1.807, 2.05) is 0 Å². The van der Waals surface area contributed by atoms with E-state index >= 15 is 0 Å². The van der Waals surface area contributed by atoms with Crippen LogP contribution in [-0.4, -0.2) is 24.6 Å². The fraction of sp³-hybridized carbons (Fsp3) is 1.00. The topological polar surface area (TPSA) is 80.3 Å². The van der Waals surface area contributed by atoms with E-state index in [1.165, 1.54) is 360 Å². The average molecular weight is 1200 g/mol. The molecule has 0 aromatic heterocycles. The third-order valence-corrected chi connectivity index (χ3v) is 21.4. The van der Waals surface area contributed by atoms with Gasteiger partial charge in [-0.2, -0.15) is 0 Å². The van der Waals surface area contributed by atoms with E-state index in [1.54, 1.807) is 0 Å². The molecule has 0 aliphatic heterocycles. The van der Waals surface area contributed by atoms with Gasteiger partial charge in [0.1, 0.15) is 0 Å². The average Bonchev–Trinajstić information content (AvgIpc) is 3.42. The maximum Gasteiger partial charge on any atom is 2.00 e. The Kier molecular flexibility index (Phi) is 77.8. The Hall–Kier alpha value is 0.874. The van der Waals surface area contributed by atoms with Gasteiger partial charge in [0, 0.05) is 14.7 Å². The number of hydrogen-bond donors (Lipinski definition) is 0. The van der Waals surface area contributed by atoms with Crippen LogP contribution in [0.3, 0.4) is 0 Å². The molecule has 0 radical (unpaired) electrons. The summed E-state index contributed by atoms with van der Waals surface area (Å²) in [5.41, 5.74) is 0. The molecular formula is C72H148NiO4P2. The summed E-state index contributed by atoms with van der Waals surface area (Å²) >= 11 is 0. The first-order chi connectivity index (χ1) is 38.2. The molecule has 0 bridgehead atoms. The van der Waals surface area contributed by atoms with E-state index in [-0.39, 0.29) is 16.5 Å². The van der Waals surface area contributed by atoms with Crippen molar-refractivity contribution in [3.05, 3.63) is 0 Å². The second-order valence-corrected chi connectivity index (χ2v) is 30.8. The SMILES string of the molecule is CCCCCCCCCCCCCCCCCCP(=O)([O-])CCCCCCCCCCCCCCCCCC.CCCCCCCCCCCCCCCCCCP(=O)([O-])CCCCCCCCCCCCCCCCCC.[Ni+2]. The molecule has 79 heavy (non-hydrogen) atoms. The molecule has 0 aliphatic carbocycles. The van der Waals surface area contributed by atoms with E-state index < -0.39 is 14.7 Å². The third kappa shape index (κ3) is 78.9. The molecule has 0 aromatic carbocycles. The number of rotatable bonds is 68. The van der Waals surface area contributed by atoms with Gasteiger partial charge < -0.3 is 18.9 Å². The number of hydrogen-bond acceptors (Lipinski definition) is 4. The predicted molar refractivity (Wildman–Crippen MR) is 353 cm³/mol. The van der Waals surface area contributed by atoms with E-state index in [2.05, 4.69) is 27.7 Å². The summed E-state index contributed by atoms with van der Waals surface area (Å²) in [5, 5.41) is 0. The van der Waals surface area contributed by atoms with Crippen molar-refractivity contribution in [3.63, 3.8) is 0 Å². The third-order valence-electron chi connectivity index (χ3n) is 17.4. The summed E-state index contributed by atoms with van der Waals surface area (Å²) in [7, 11) is -6.24. The molecule has 0 rings (SSSR count). The van der Waals surface area contributed by atoms with Gasteiger partial charge in [-0.25, -0.2) is 0 Å². The van der Waals surface area contributed by atoms with E-state index in [0.717, 1.165) is 51.4 Å². The zero-order valence-electron chi connectivity index (χ0n) is 54.9. The minimum atomic E-state index is -3.12. The first-order valence-corrected chi connectivity index (χ1v) is 40.8. The van der Waals surface area contributed by atoms with Gasteiger partial charge in [0.25, 0.3) is 0 Å². The van der Waals surface area contributed by atoms with Crippen LogP contribution in [0.1, 0.15) is 439 Å². The molecule has 0 unspecified atom stereocenters. The molecule has 0 saturated carbocycles. The summed E-state index contributed by atoms with van der Waals surface area (Å²) in [6.07, 6.45) is 87.3. The fourth-order valence-electron chi connectivity index (χ4n) is 11.8. The summed E-state index contributed by atoms with van der Waals surface area (Å²) in [4.78, 5) is 24.7. The first kappa shape index (κ1) is 84.1. The smallest absolute Gasteiger partial charge is 0.799 e. The van der Waals surface area contributed by atoms with Crippen molar-refractivity contribution in [2.45, 2.75) is 439 Å². The Balaban J connectivity index is -0.00000144. The maximum atomic E-state index is 12.4. The van der Waals surface area contributed by atoms with Gasteiger partial charge in [-0.15, -0.1) is 0 Å². The van der Waals surface area contributed by atoms with Crippen molar-refractivity contribution in [2.75, 3.05) is 24.6 Å². The van der Waals surface area contributed by atoms with Gasteiger partial charge in [0.05, 0.1) is 0 Å². The van der Waals surface area contributed by atoms with Crippen LogP contribution in [0.2, 0.25) is 0 Å². The second-order valence-electron chi connectivity index (χ2n) is 25.7. The Labute approximate surface area is 510 Å². The first-order valence-electron chi connectivity index (χ1n) is 36.8. The van der Waals surface area contributed by atoms with Crippen LogP contribution >= 0.6 is 14.7 Å². The van der Waals surface area contributed by atoms with Crippen LogP contribution in [0.4, 0.5) is 0 Å². The van der Waals surface area contributed by atoms with Crippen molar-refractivity contribution in [1.82, 2.24) is 0 Å². The molecule has 0 amide bonds. The second kappa shape index (κ2) is 73.1. The summed E-state index contributed by atoms with van der Waals surface area (Å²) in [6, 6.07) is 0. The van der Waals surface area contributed by atoms with Crippen molar-refractivity contribution < 1.29 is 35.4 Å². The Morgan fingerprint density at radius 1 is 0.165 bits per heavy atom. The van der Waals surface area contributed by atoms with Crippen LogP contribution < -0.4 is 9.79 Å². The standard InChI is InChI=1S/2C36H75O2P.Ni/c2*1-3-5-7-9-11-13-15-17-19-21-23-25-27-29-31-33-35-39(37,38)36-34-32-30-28-26-24-22-20-18-16-14-12-10-8-6-4-2;/h2*3-36H2,1-2H3,(H,37,38);/q;;+2/p-2. The molecule has 0 aliphatic rings. The van der Waals surface area contributed by atoms with Crippen LogP contribution in [0.25, 0.3) is 0 Å². The molecule has 7 heteroatoms. The largest absolute Gasteiger partial charge is 2.00 e. The summed E-state index contributed by atoms with van der Waals surface area (Å²) < 4.78 is 24.7. The van der Waals surface area contributed by atoms with Gasteiger partial charge in [-0.3, -0.25) is 0 Å². The Morgan fingerprint density at radius 3 is 0.329 bits per heavy atom. The predicted octanol–water partition coefficient (Wildman–Crippen LogP) is 26.3. The van der Waals surface area contributed by atoms with Crippen LogP contribution in [0, 0.1) is 0 Å². The molecule has 0 atom stereocenters. The molecule has 0 saturated heterocycles. The van der Waals surface area contributed by atoms with Crippen LogP contribution in [0.15, 0.2) is 0 Å². The monoisotopic (exact) mass is 1200 g/mol. The van der Waals surface area contributed by atoms with Crippen molar-refractivity contribution in [2.24, 2.45) is 0 Å². The van der Waals surface area contributed by atoms with Gasteiger partial charge in [0.2, 0.25) is 0 Å². The molecular weight excluding hydrogens is 1050 g/mol. The fourth-order valence-corrected chi connectivity index (χ4v) is 15.1. The van der Waals surface area contributed by atoms with E-state index in [0.29, 0.717) is 24.6 Å². The molecule has 0 heterocycles. The number of unbranched alkanes of at least 4 members (excludes halogenated alkanes) is 60. The minimum Gasteiger partial charge on any atom is -0.799 e. The van der Waals surface area contributed by atoms with E-state index in [4.69, 9.17) is 0 Å². The zero-order valence-corrected chi connectivity index (χ0v) is 57.7. The van der Waals surface area contributed by atoms with Crippen molar-refractivity contribution in [1.29, 1.82) is 0 Å². The molecule has 0 fully saturated rings. The molecule has 0 spiro atoms. The Bertz CT molecular complexity index is 1000. The van der Waals surface area contributed by atoms with Crippen LogP contribution in [0.5, 0.6) is 0 Å². The van der Waals surface area contributed by atoms with Gasteiger partial charge >= 0.3 is 16.5 Å². The van der Waals surface area contributed by atoms with Gasteiger partial charge in [0.15, 0.2) is 0 Å². The van der Waals surface area contributed by atoms with Gasteiger partial charge in [-0.05, 0) is 50.3 Å². The Morgan fingerprint density at radius 2 is 0.241 bits per heavy atom. The normalized spacial score (nSPS) is 11.8. The molecule has 480 valence electrons. The zero-order chi connectivity index (χ0) is 57.1. The maximum absolute atomic E-state index is 12.4. The van der Waals surface area contributed by atoms with E-state index in [9.17, 15) is 18.9 Å². The van der Waals surface area contributed by atoms with Crippen molar-refractivity contribution in [3.8, 4) is 0 Å². The van der Waals surface area contributed by atoms with Gasteiger partial charge in [-0.1, -0.05) is 413 Å². The minimum absolute atomic E-state index is 0.